The van der Waals surface area contributed by atoms with Gasteiger partial charge in [0.05, 0.1) is 0 Å². The summed E-state index contributed by atoms with van der Waals surface area (Å²) in [6.07, 6.45) is 0.412. The molecule has 5 nitrogen and oxygen atoms in total. The van der Waals surface area contributed by atoms with Gasteiger partial charge in [0, 0.05) is 50.7 Å². The van der Waals surface area contributed by atoms with Crippen LogP contribution in [0.5, 0.6) is 0 Å². The average Bonchev–Trinajstić information content (AvgIpc) is 2.43. The smallest absolute Gasteiger partial charge is 0.223 e. The van der Waals surface area contributed by atoms with Crippen molar-refractivity contribution in [3.8, 4) is 0 Å². The molecule has 21 heavy (non-hydrogen) atoms. The first kappa shape index (κ1) is 17.6. The predicted molar refractivity (Wildman–Crippen MR) is 88.0 cm³/mol. The molecule has 7 heteroatoms. The minimum absolute atomic E-state index is 0.0682. The van der Waals surface area contributed by atoms with Crippen LogP contribution >= 0.6 is 23.2 Å². The summed E-state index contributed by atoms with van der Waals surface area (Å²) < 4.78 is 0. The van der Waals surface area contributed by atoms with Crippen LogP contribution in [-0.4, -0.2) is 44.5 Å². The summed E-state index contributed by atoms with van der Waals surface area (Å²) >= 11 is 12.0. The van der Waals surface area contributed by atoms with Gasteiger partial charge in [0.25, 0.3) is 0 Å². The topological polar surface area (TPSA) is 56.7 Å². The number of aliphatic imine (C=N–C) groups is 1. The lowest BCUT2D eigenvalue weighted by molar-refractivity contribution is -0.128. The zero-order valence-electron chi connectivity index (χ0n) is 12.4. The summed E-state index contributed by atoms with van der Waals surface area (Å²) in [5.41, 5.74) is 0.924. The van der Waals surface area contributed by atoms with Gasteiger partial charge < -0.3 is 15.5 Å². The predicted octanol–water partition coefficient (Wildman–Crippen LogP) is 2.14. The zero-order valence-corrected chi connectivity index (χ0v) is 13.9. The number of nitrogens with one attached hydrogen (secondary N) is 2. The lowest BCUT2D eigenvalue weighted by atomic mass is 10.2. The molecule has 116 valence electrons. The van der Waals surface area contributed by atoms with Gasteiger partial charge >= 0.3 is 0 Å². The number of halogens is 2. The van der Waals surface area contributed by atoms with Crippen LogP contribution in [-0.2, 0) is 11.3 Å². The Labute approximate surface area is 135 Å². The van der Waals surface area contributed by atoms with Crippen LogP contribution in [0.15, 0.2) is 23.2 Å². The Bertz CT molecular complexity index is 518. The molecule has 0 unspecified atom stereocenters. The van der Waals surface area contributed by atoms with Gasteiger partial charge in [-0.05, 0) is 17.7 Å². The van der Waals surface area contributed by atoms with E-state index in [4.69, 9.17) is 23.2 Å². The fourth-order valence-electron chi connectivity index (χ4n) is 1.58. The molecule has 2 N–H and O–H groups in total. The molecule has 0 fully saturated rings. The van der Waals surface area contributed by atoms with E-state index < -0.39 is 0 Å². The van der Waals surface area contributed by atoms with Crippen LogP contribution in [0, 0.1) is 0 Å². The van der Waals surface area contributed by atoms with Gasteiger partial charge in [-0.25, -0.2) is 0 Å². The number of carbonyl (C=O) groups is 1. The van der Waals surface area contributed by atoms with Crippen molar-refractivity contribution >= 4 is 35.1 Å². The van der Waals surface area contributed by atoms with E-state index in [2.05, 4.69) is 15.6 Å². The molecule has 0 heterocycles. The molecule has 0 aromatic heterocycles. The van der Waals surface area contributed by atoms with E-state index in [0.717, 1.165) is 5.56 Å². The van der Waals surface area contributed by atoms with E-state index in [0.29, 0.717) is 35.5 Å². The summed E-state index contributed by atoms with van der Waals surface area (Å²) in [5, 5.41) is 7.42. The summed E-state index contributed by atoms with van der Waals surface area (Å²) in [5.74, 6) is 0.686. The minimum atomic E-state index is 0.0682. The number of amides is 1. The third kappa shape index (κ3) is 6.23. The Morgan fingerprint density at radius 3 is 2.57 bits per heavy atom. The first-order valence-corrected chi connectivity index (χ1v) is 7.28. The Morgan fingerprint density at radius 1 is 1.29 bits per heavy atom. The highest BCUT2D eigenvalue weighted by Crippen LogP contribution is 2.20. The van der Waals surface area contributed by atoms with Gasteiger partial charge in [-0.2, -0.15) is 0 Å². The van der Waals surface area contributed by atoms with Crippen LogP contribution in [0.1, 0.15) is 12.0 Å². The van der Waals surface area contributed by atoms with E-state index >= 15 is 0 Å². The molecule has 0 radical (unpaired) electrons. The second kappa shape index (κ2) is 8.74. The summed E-state index contributed by atoms with van der Waals surface area (Å²) in [6.45, 7) is 1.04. The molecular formula is C14H20Cl2N4O. The van der Waals surface area contributed by atoms with Crippen LogP contribution in [0.3, 0.4) is 0 Å². The van der Waals surface area contributed by atoms with Crippen molar-refractivity contribution < 1.29 is 4.79 Å². The number of hydrogen-bond acceptors (Lipinski definition) is 2. The van der Waals surface area contributed by atoms with Crippen molar-refractivity contribution in [1.29, 1.82) is 0 Å². The van der Waals surface area contributed by atoms with Crippen molar-refractivity contribution in [2.24, 2.45) is 4.99 Å². The van der Waals surface area contributed by atoms with E-state index in [-0.39, 0.29) is 5.91 Å². The van der Waals surface area contributed by atoms with E-state index in [1.165, 1.54) is 0 Å². The molecule has 1 aromatic carbocycles. The number of nitrogens with zero attached hydrogens (tertiary/aromatic N) is 2. The largest absolute Gasteiger partial charge is 0.356 e. The first-order valence-electron chi connectivity index (χ1n) is 6.52. The molecule has 1 amide bonds. The van der Waals surface area contributed by atoms with Crippen LogP contribution in [0.2, 0.25) is 10.0 Å². The lowest BCUT2D eigenvalue weighted by Gasteiger charge is -2.14. The summed E-state index contributed by atoms with van der Waals surface area (Å²) in [6, 6.07) is 5.35. The Kier molecular flexibility index (Phi) is 7.32. The van der Waals surface area contributed by atoms with Gasteiger partial charge in [-0.15, -0.1) is 0 Å². The molecule has 1 rings (SSSR count). The standard InChI is InChI=1S/C14H20Cl2N4O/c1-17-14(18-7-6-13(21)20(2)3)19-9-10-4-5-11(15)8-12(10)16/h4-5,8H,6-7,9H2,1-3H3,(H2,17,18,19). The van der Waals surface area contributed by atoms with Crippen LogP contribution in [0.25, 0.3) is 0 Å². The van der Waals surface area contributed by atoms with Crippen molar-refractivity contribution in [3.63, 3.8) is 0 Å². The number of guanidine groups is 1. The fraction of sp³-hybridized carbons (Fsp3) is 0.429. The number of rotatable bonds is 5. The van der Waals surface area contributed by atoms with E-state index in [9.17, 15) is 4.79 Å². The van der Waals surface area contributed by atoms with Gasteiger partial charge in [-0.1, -0.05) is 29.3 Å². The summed E-state index contributed by atoms with van der Waals surface area (Å²) in [7, 11) is 5.14. The highest BCUT2D eigenvalue weighted by atomic mass is 35.5. The average molecular weight is 331 g/mol. The third-order valence-electron chi connectivity index (χ3n) is 2.82. The monoisotopic (exact) mass is 330 g/mol. The molecule has 1 aromatic rings. The maximum atomic E-state index is 11.5. The maximum absolute atomic E-state index is 11.5. The second-order valence-corrected chi connectivity index (χ2v) is 5.47. The fourth-order valence-corrected chi connectivity index (χ4v) is 2.05. The molecule has 0 spiro atoms. The van der Waals surface area contributed by atoms with E-state index in [1.807, 2.05) is 6.07 Å². The van der Waals surface area contributed by atoms with Crippen molar-refractivity contribution in [3.05, 3.63) is 33.8 Å². The molecule has 0 atom stereocenters. The van der Waals surface area contributed by atoms with Gasteiger partial charge in [0.15, 0.2) is 5.96 Å². The quantitative estimate of drug-likeness (QED) is 0.642. The number of benzene rings is 1. The maximum Gasteiger partial charge on any atom is 0.223 e. The Hall–Kier alpha value is -1.46. The van der Waals surface area contributed by atoms with Gasteiger partial charge in [0.1, 0.15) is 0 Å². The normalized spacial score (nSPS) is 11.2. The zero-order chi connectivity index (χ0) is 15.8. The molecule has 0 aliphatic rings. The molecule has 0 saturated heterocycles. The first-order chi connectivity index (χ1) is 9.93. The molecular weight excluding hydrogens is 311 g/mol. The van der Waals surface area contributed by atoms with Gasteiger partial charge in [-0.3, -0.25) is 9.79 Å². The number of carbonyl (C=O) groups excluding carboxylic acids is 1. The molecule has 0 bridgehead atoms. The minimum Gasteiger partial charge on any atom is -0.356 e. The number of hydrogen-bond donors (Lipinski definition) is 2. The third-order valence-corrected chi connectivity index (χ3v) is 3.40. The molecule has 0 aliphatic carbocycles. The van der Waals surface area contributed by atoms with Gasteiger partial charge in [0.2, 0.25) is 5.91 Å². The summed E-state index contributed by atoms with van der Waals surface area (Å²) in [4.78, 5) is 17.1. The van der Waals surface area contributed by atoms with Crippen molar-refractivity contribution in [2.45, 2.75) is 13.0 Å². The van der Waals surface area contributed by atoms with E-state index in [1.54, 1.807) is 38.2 Å². The highest BCUT2D eigenvalue weighted by molar-refractivity contribution is 6.35. The molecule has 0 saturated carbocycles. The lowest BCUT2D eigenvalue weighted by Crippen LogP contribution is -2.38. The van der Waals surface area contributed by atoms with Crippen molar-refractivity contribution in [1.82, 2.24) is 15.5 Å². The highest BCUT2D eigenvalue weighted by Gasteiger charge is 2.05. The SMILES string of the molecule is CN=C(NCCC(=O)N(C)C)NCc1ccc(Cl)cc1Cl. The Morgan fingerprint density at radius 2 is 2.00 bits per heavy atom. The van der Waals surface area contributed by atoms with Crippen molar-refractivity contribution in [2.75, 3.05) is 27.7 Å². The van der Waals surface area contributed by atoms with Crippen LogP contribution in [0.4, 0.5) is 0 Å². The Balaban J connectivity index is 2.43. The second-order valence-electron chi connectivity index (χ2n) is 4.63. The van der Waals surface area contributed by atoms with Crippen LogP contribution < -0.4 is 10.6 Å². The molecule has 0 aliphatic heterocycles.